The van der Waals surface area contributed by atoms with E-state index < -0.39 is 0 Å². The van der Waals surface area contributed by atoms with Gasteiger partial charge in [-0.1, -0.05) is 30.9 Å². The van der Waals surface area contributed by atoms with Crippen LogP contribution < -0.4 is 10.1 Å². The lowest BCUT2D eigenvalue weighted by molar-refractivity contribution is 0.372. The summed E-state index contributed by atoms with van der Waals surface area (Å²) in [5.74, 6) is 2.09. The summed E-state index contributed by atoms with van der Waals surface area (Å²) in [6.45, 7) is 0.958. The zero-order chi connectivity index (χ0) is 12.1. The first kappa shape index (κ1) is 12.5. The molecule has 1 aliphatic carbocycles. The van der Waals surface area contributed by atoms with Crippen molar-refractivity contribution in [3.8, 4) is 5.88 Å². The van der Waals surface area contributed by atoms with Crippen molar-refractivity contribution in [1.82, 2.24) is 4.98 Å². The highest BCUT2D eigenvalue weighted by Gasteiger charge is 2.14. The van der Waals surface area contributed by atoms with Crippen LogP contribution in [0.4, 0.5) is 5.82 Å². The van der Waals surface area contributed by atoms with E-state index in [0.29, 0.717) is 10.9 Å². The molecule has 94 valence electrons. The molecule has 0 unspecified atom stereocenters. The Morgan fingerprint density at radius 1 is 1.35 bits per heavy atom. The van der Waals surface area contributed by atoms with Crippen LogP contribution in [0, 0.1) is 5.92 Å². The van der Waals surface area contributed by atoms with E-state index in [1.54, 1.807) is 13.2 Å². The van der Waals surface area contributed by atoms with E-state index >= 15 is 0 Å². The van der Waals surface area contributed by atoms with Gasteiger partial charge in [-0.3, -0.25) is 0 Å². The lowest BCUT2D eigenvalue weighted by Gasteiger charge is -2.22. The lowest BCUT2D eigenvalue weighted by atomic mass is 9.89. The monoisotopic (exact) mass is 254 g/mol. The Balaban J connectivity index is 1.92. The molecule has 3 nitrogen and oxygen atoms in total. The third-order valence-corrected chi connectivity index (χ3v) is 3.62. The van der Waals surface area contributed by atoms with Crippen molar-refractivity contribution < 1.29 is 4.74 Å². The highest BCUT2D eigenvalue weighted by Crippen LogP contribution is 2.26. The second kappa shape index (κ2) is 6.10. The SMILES string of the molecule is COc1ccc(Cl)c(NCC2CCCCC2)n1. The number of methoxy groups -OCH3 is 1. The maximum atomic E-state index is 6.09. The number of ether oxygens (including phenoxy) is 1. The second-order valence-electron chi connectivity index (χ2n) is 4.57. The summed E-state index contributed by atoms with van der Waals surface area (Å²) in [6, 6.07) is 3.59. The number of hydrogen-bond donors (Lipinski definition) is 1. The van der Waals surface area contributed by atoms with Crippen molar-refractivity contribution in [3.05, 3.63) is 17.2 Å². The largest absolute Gasteiger partial charge is 0.481 e. The molecule has 0 bridgehead atoms. The molecule has 1 saturated carbocycles. The van der Waals surface area contributed by atoms with Gasteiger partial charge in [0.25, 0.3) is 0 Å². The molecule has 1 aromatic rings. The summed E-state index contributed by atoms with van der Waals surface area (Å²) >= 11 is 6.09. The van der Waals surface area contributed by atoms with E-state index in [1.165, 1.54) is 32.1 Å². The summed E-state index contributed by atoms with van der Waals surface area (Å²) in [5.41, 5.74) is 0. The van der Waals surface area contributed by atoms with Crippen molar-refractivity contribution in [2.45, 2.75) is 32.1 Å². The summed E-state index contributed by atoms with van der Waals surface area (Å²) in [4.78, 5) is 4.31. The van der Waals surface area contributed by atoms with E-state index in [1.807, 2.05) is 6.07 Å². The van der Waals surface area contributed by atoms with E-state index in [0.717, 1.165) is 18.3 Å². The Labute approximate surface area is 108 Å². The van der Waals surface area contributed by atoms with Gasteiger partial charge in [-0.25, -0.2) is 0 Å². The molecule has 0 atom stereocenters. The van der Waals surface area contributed by atoms with Crippen LogP contribution in [0.1, 0.15) is 32.1 Å². The van der Waals surface area contributed by atoms with Crippen LogP contribution >= 0.6 is 11.6 Å². The Bertz CT molecular complexity index is 364. The summed E-state index contributed by atoms with van der Waals surface area (Å²) < 4.78 is 5.09. The van der Waals surface area contributed by atoms with Gasteiger partial charge in [0, 0.05) is 12.6 Å². The molecule has 1 heterocycles. The molecule has 1 aliphatic rings. The van der Waals surface area contributed by atoms with Crippen molar-refractivity contribution >= 4 is 17.4 Å². The highest BCUT2D eigenvalue weighted by molar-refractivity contribution is 6.32. The third kappa shape index (κ3) is 3.50. The number of hydrogen-bond acceptors (Lipinski definition) is 3. The predicted molar refractivity (Wildman–Crippen MR) is 70.9 cm³/mol. The van der Waals surface area contributed by atoms with Crippen LogP contribution in [0.25, 0.3) is 0 Å². The van der Waals surface area contributed by atoms with Gasteiger partial charge in [0.1, 0.15) is 5.82 Å². The number of aromatic nitrogens is 1. The molecule has 1 aromatic heterocycles. The molecular weight excluding hydrogens is 236 g/mol. The normalized spacial score (nSPS) is 16.8. The van der Waals surface area contributed by atoms with Gasteiger partial charge in [-0.2, -0.15) is 4.98 Å². The van der Waals surface area contributed by atoms with Crippen LogP contribution in [0.2, 0.25) is 5.02 Å². The number of nitrogens with zero attached hydrogens (tertiary/aromatic N) is 1. The van der Waals surface area contributed by atoms with Gasteiger partial charge in [-0.05, 0) is 24.8 Å². The summed E-state index contributed by atoms with van der Waals surface area (Å²) in [5, 5.41) is 3.99. The molecular formula is C13H19ClN2O. The minimum Gasteiger partial charge on any atom is -0.481 e. The molecule has 0 saturated heterocycles. The van der Waals surface area contributed by atoms with Gasteiger partial charge < -0.3 is 10.1 Å². The first-order valence-corrected chi connectivity index (χ1v) is 6.62. The number of rotatable bonds is 4. The maximum Gasteiger partial charge on any atom is 0.214 e. The topological polar surface area (TPSA) is 34.1 Å². The van der Waals surface area contributed by atoms with Crippen LogP contribution in [0.3, 0.4) is 0 Å². The van der Waals surface area contributed by atoms with Crippen LogP contribution in [-0.2, 0) is 0 Å². The number of halogens is 1. The Kier molecular flexibility index (Phi) is 4.49. The van der Waals surface area contributed by atoms with Gasteiger partial charge in [-0.15, -0.1) is 0 Å². The summed E-state index contributed by atoms with van der Waals surface area (Å²) in [7, 11) is 1.61. The van der Waals surface area contributed by atoms with E-state index in [4.69, 9.17) is 16.3 Å². The standard InChI is InChI=1S/C13H19ClN2O/c1-17-12-8-7-11(14)13(16-12)15-9-10-5-3-2-4-6-10/h7-8,10H,2-6,9H2,1H3,(H,15,16). The van der Waals surface area contributed by atoms with E-state index in [-0.39, 0.29) is 0 Å². The fourth-order valence-electron chi connectivity index (χ4n) is 2.29. The second-order valence-corrected chi connectivity index (χ2v) is 4.98. The molecule has 0 spiro atoms. The van der Waals surface area contributed by atoms with Gasteiger partial charge >= 0.3 is 0 Å². The van der Waals surface area contributed by atoms with E-state index in [2.05, 4.69) is 10.3 Å². The maximum absolute atomic E-state index is 6.09. The average molecular weight is 255 g/mol. The zero-order valence-corrected chi connectivity index (χ0v) is 11.0. The van der Waals surface area contributed by atoms with Crippen LogP contribution in [0.5, 0.6) is 5.88 Å². The molecule has 0 aliphatic heterocycles. The number of anilines is 1. The molecule has 0 aromatic carbocycles. The molecule has 4 heteroatoms. The average Bonchev–Trinajstić information content (AvgIpc) is 2.39. The molecule has 17 heavy (non-hydrogen) atoms. The van der Waals surface area contributed by atoms with E-state index in [9.17, 15) is 0 Å². The third-order valence-electron chi connectivity index (χ3n) is 3.31. The van der Waals surface area contributed by atoms with Gasteiger partial charge in [0.15, 0.2) is 0 Å². The minimum atomic E-state index is 0.598. The van der Waals surface area contributed by atoms with Crippen molar-refractivity contribution in [2.24, 2.45) is 5.92 Å². The first-order chi connectivity index (χ1) is 8.29. The number of pyridine rings is 1. The quantitative estimate of drug-likeness (QED) is 0.889. The summed E-state index contributed by atoms with van der Waals surface area (Å²) in [6.07, 6.45) is 6.72. The smallest absolute Gasteiger partial charge is 0.214 e. The zero-order valence-electron chi connectivity index (χ0n) is 10.2. The van der Waals surface area contributed by atoms with Crippen molar-refractivity contribution in [1.29, 1.82) is 0 Å². The van der Waals surface area contributed by atoms with Crippen LogP contribution in [-0.4, -0.2) is 18.6 Å². The Morgan fingerprint density at radius 2 is 2.12 bits per heavy atom. The van der Waals surface area contributed by atoms with Crippen molar-refractivity contribution in [2.75, 3.05) is 19.0 Å². The van der Waals surface area contributed by atoms with Crippen molar-refractivity contribution in [3.63, 3.8) is 0 Å². The molecule has 1 N–H and O–H groups in total. The lowest BCUT2D eigenvalue weighted by Crippen LogP contribution is -2.17. The number of nitrogens with one attached hydrogen (secondary N) is 1. The Hall–Kier alpha value is -0.960. The molecule has 1 fully saturated rings. The first-order valence-electron chi connectivity index (χ1n) is 6.24. The minimum absolute atomic E-state index is 0.598. The molecule has 0 amide bonds. The fourth-order valence-corrected chi connectivity index (χ4v) is 2.47. The van der Waals surface area contributed by atoms with Crippen LogP contribution in [0.15, 0.2) is 12.1 Å². The van der Waals surface area contributed by atoms with Gasteiger partial charge in [0.05, 0.1) is 12.1 Å². The Morgan fingerprint density at radius 3 is 2.82 bits per heavy atom. The molecule has 2 rings (SSSR count). The fraction of sp³-hybridized carbons (Fsp3) is 0.615. The predicted octanol–water partition coefficient (Wildman–Crippen LogP) is 3.74. The van der Waals surface area contributed by atoms with Gasteiger partial charge in [0.2, 0.25) is 5.88 Å². The molecule has 0 radical (unpaired) electrons. The highest BCUT2D eigenvalue weighted by atomic mass is 35.5.